The van der Waals surface area contributed by atoms with E-state index >= 15 is 0 Å². The lowest BCUT2D eigenvalue weighted by Crippen LogP contribution is -2.48. The van der Waals surface area contributed by atoms with Gasteiger partial charge in [-0.05, 0) is 19.3 Å². The number of hydrogen-bond acceptors (Lipinski definition) is 4. The summed E-state index contributed by atoms with van der Waals surface area (Å²) >= 11 is 0. The van der Waals surface area contributed by atoms with Gasteiger partial charge in [0, 0.05) is 0 Å². The Bertz CT molecular complexity index is 337. The van der Waals surface area contributed by atoms with Crippen molar-refractivity contribution < 1.29 is 19.1 Å². The van der Waals surface area contributed by atoms with E-state index in [1.165, 1.54) is 0 Å². The Balaban J connectivity index is 2.57. The first kappa shape index (κ1) is 14.6. The second-order valence-electron chi connectivity index (χ2n) is 5.13. The van der Waals surface area contributed by atoms with Crippen molar-refractivity contribution in [2.24, 2.45) is 5.92 Å². The minimum atomic E-state index is -0.745. The van der Waals surface area contributed by atoms with Gasteiger partial charge in [0.25, 0.3) is 0 Å². The van der Waals surface area contributed by atoms with Crippen LogP contribution in [0.2, 0.25) is 0 Å². The molecular formula is C12H20N2O4. The lowest BCUT2D eigenvalue weighted by atomic mass is 9.93. The van der Waals surface area contributed by atoms with Gasteiger partial charge in [0.1, 0.15) is 5.60 Å². The number of Topliss-reactive ketones (excluding diaryl/α,β-unsaturated/α-hetero) is 1. The Hall–Kier alpha value is -1.43. The van der Waals surface area contributed by atoms with Gasteiger partial charge >= 0.3 is 0 Å². The Labute approximate surface area is 106 Å². The van der Waals surface area contributed by atoms with Gasteiger partial charge in [-0.25, -0.2) is 0 Å². The van der Waals surface area contributed by atoms with Crippen LogP contribution in [0.25, 0.3) is 0 Å². The fourth-order valence-electron chi connectivity index (χ4n) is 1.70. The molecule has 1 rings (SSSR count). The van der Waals surface area contributed by atoms with Crippen LogP contribution in [0.3, 0.4) is 0 Å². The largest absolute Gasteiger partial charge is 0.361 e. The molecule has 1 saturated heterocycles. The summed E-state index contributed by atoms with van der Waals surface area (Å²) in [6.07, 6.45) is 1.01. The first-order valence-corrected chi connectivity index (χ1v) is 6.03. The van der Waals surface area contributed by atoms with E-state index in [1.54, 1.807) is 6.92 Å². The molecule has 0 saturated carbocycles. The predicted octanol–water partition coefficient (Wildman–Crippen LogP) is -0.379. The van der Waals surface area contributed by atoms with Crippen molar-refractivity contribution in [3.05, 3.63) is 0 Å². The van der Waals surface area contributed by atoms with Crippen molar-refractivity contribution in [3.63, 3.8) is 0 Å². The maximum absolute atomic E-state index is 12.1. The zero-order chi connectivity index (χ0) is 13.8. The van der Waals surface area contributed by atoms with Crippen molar-refractivity contribution in [1.29, 1.82) is 0 Å². The first-order valence-electron chi connectivity index (χ1n) is 6.03. The van der Waals surface area contributed by atoms with E-state index in [1.807, 2.05) is 13.8 Å². The fourth-order valence-corrected chi connectivity index (χ4v) is 1.70. The second-order valence-corrected chi connectivity index (χ2v) is 5.13. The minimum absolute atomic E-state index is 0.101. The molecule has 0 aromatic rings. The van der Waals surface area contributed by atoms with Crippen LogP contribution in [0.1, 0.15) is 27.2 Å². The van der Waals surface area contributed by atoms with E-state index in [-0.39, 0.29) is 24.2 Å². The number of hydrogen-bond donors (Lipinski definition) is 2. The van der Waals surface area contributed by atoms with Gasteiger partial charge in [0.05, 0.1) is 19.2 Å². The van der Waals surface area contributed by atoms with Gasteiger partial charge in [-0.3, -0.25) is 14.4 Å². The molecule has 6 heteroatoms. The van der Waals surface area contributed by atoms with Crippen molar-refractivity contribution in [3.8, 4) is 0 Å². The summed E-state index contributed by atoms with van der Waals surface area (Å²) in [4.78, 5) is 33.8. The molecule has 2 amide bonds. The molecule has 2 atom stereocenters. The average molecular weight is 256 g/mol. The number of rotatable bonds is 8. The molecule has 0 radical (unpaired) electrons. The fraction of sp³-hybridized carbons (Fsp3) is 0.750. The summed E-state index contributed by atoms with van der Waals surface area (Å²) in [5, 5.41) is 4.90. The summed E-state index contributed by atoms with van der Waals surface area (Å²) < 4.78 is 5.11. The zero-order valence-corrected chi connectivity index (χ0v) is 11.0. The number of nitrogens with one attached hydrogen (secondary N) is 2. The third-order valence-corrected chi connectivity index (χ3v) is 2.80. The van der Waals surface area contributed by atoms with E-state index < -0.39 is 11.6 Å². The number of ketones is 1. The molecule has 0 aliphatic carbocycles. The third kappa shape index (κ3) is 4.10. The lowest BCUT2D eigenvalue weighted by molar-refractivity contribution is -0.130. The van der Waals surface area contributed by atoms with Gasteiger partial charge in [0.2, 0.25) is 12.3 Å². The maximum atomic E-state index is 12.1. The predicted molar refractivity (Wildman–Crippen MR) is 64.8 cm³/mol. The number of carbonyl (C=O) groups excluding carboxylic acids is 3. The van der Waals surface area contributed by atoms with E-state index in [4.69, 9.17) is 4.74 Å². The molecule has 0 aromatic carbocycles. The summed E-state index contributed by atoms with van der Waals surface area (Å²) in [5.74, 6) is -0.193. The Morgan fingerprint density at radius 2 is 2.06 bits per heavy atom. The maximum Gasteiger partial charge on any atom is 0.239 e. The average Bonchev–Trinajstić information content (AvgIpc) is 3.03. The SMILES string of the molecule is CC(C)CC(NC(=O)CNC=O)C(=O)C1(C)CO1. The molecule has 0 bridgehead atoms. The number of amides is 2. The van der Waals surface area contributed by atoms with Crippen molar-refractivity contribution in [2.45, 2.75) is 38.8 Å². The van der Waals surface area contributed by atoms with Crippen LogP contribution < -0.4 is 10.6 Å². The van der Waals surface area contributed by atoms with E-state index in [2.05, 4.69) is 10.6 Å². The van der Waals surface area contributed by atoms with E-state index in [0.29, 0.717) is 19.4 Å². The van der Waals surface area contributed by atoms with Crippen LogP contribution in [0, 0.1) is 5.92 Å². The lowest BCUT2D eigenvalue weighted by Gasteiger charge is -2.21. The molecule has 1 fully saturated rings. The van der Waals surface area contributed by atoms with E-state index in [9.17, 15) is 14.4 Å². The molecule has 2 N–H and O–H groups in total. The van der Waals surface area contributed by atoms with Gasteiger partial charge in [0.15, 0.2) is 5.78 Å². The van der Waals surface area contributed by atoms with Gasteiger partial charge < -0.3 is 15.4 Å². The molecular weight excluding hydrogens is 236 g/mol. The highest BCUT2D eigenvalue weighted by atomic mass is 16.6. The highest BCUT2D eigenvalue weighted by molar-refractivity contribution is 5.96. The highest BCUT2D eigenvalue weighted by Crippen LogP contribution is 2.29. The van der Waals surface area contributed by atoms with Crippen LogP contribution in [0.5, 0.6) is 0 Å². The summed E-state index contributed by atoms with van der Waals surface area (Å²) in [6.45, 7) is 5.96. The smallest absolute Gasteiger partial charge is 0.239 e. The summed E-state index contributed by atoms with van der Waals surface area (Å²) in [6, 6.07) is -0.557. The van der Waals surface area contributed by atoms with E-state index in [0.717, 1.165) is 0 Å². The summed E-state index contributed by atoms with van der Waals surface area (Å²) in [7, 11) is 0. The quantitative estimate of drug-likeness (QED) is 0.458. The molecule has 1 aliphatic rings. The Morgan fingerprint density at radius 3 is 2.50 bits per heavy atom. The zero-order valence-electron chi connectivity index (χ0n) is 11.0. The summed E-state index contributed by atoms with van der Waals surface area (Å²) in [5.41, 5.74) is -0.745. The third-order valence-electron chi connectivity index (χ3n) is 2.80. The molecule has 18 heavy (non-hydrogen) atoms. The van der Waals surface area contributed by atoms with Crippen molar-refractivity contribution >= 4 is 18.1 Å². The van der Waals surface area contributed by atoms with Gasteiger partial charge in [-0.1, -0.05) is 13.8 Å². The number of carbonyl (C=O) groups is 3. The van der Waals surface area contributed by atoms with Crippen LogP contribution in [-0.2, 0) is 19.1 Å². The molecule has 6 nitrogen and oxygen atoms in total. The highest BCUT2D eigenvalue weighted by Gasteiger charge is 2.49. The van der Waals surface area contributed by atoms with Crippen molar-refractivity contribution in [1.82, 2.24) is 10.6 Å². The molecule has 2 unspecified atom stereocenters. The molecule has 102 valence electrons. The number of epoxide rings is 1. The Kier molecular flexibility index (Phi) is 4.84. The second kappa shape index (κ2) is 5.95. The molecule has 0 spiro atoms. The molecule has 1 heterocycles. The van der Waals surface area contributed by atoms with Crippen LogP contribution >= 0.6 is 0 Å². The van der Waals surface area contributed by atoms with Gasteiger partial charge in [-0.15, -0.1) is 0 Å². The topological polar surface area (TPSA) is 87.8 Å². The van der Waals surface area contributed by atoms with Crippen LogP contribution in [0.15, 0.2) is 0 Å². The van der Waals surface area contributed by atoms with Crippen molar-refractivity contribution in [2.75, 3.05) is 13.2 Å². The molecule has 0 aromatic heterocycles. The standard InChI is InChI=1S/C12H20N2O4/c1-8(2)4-9(11(17)12(3)6-18-12)14-10(16)5-13-7-15/h7-9H,4-6H2,1-3H3,(H,13,15)(H,14,16). The van der Waals surface area contributed by atoms with Crippen LogP contribution in [0.4, 0.5) is 0 Å². The first-order chi connectivity index (χ1) is 8.39. The normalized spacial score (nSPS) is 23.3. The monoisotopic (exact) mass is 256 g/mol. The van der Waals surface area contributed by atoms with Gasteiger partial charge in [-0.2, -0.15) is 0 Å². The molecule has 1 aliphatic heterocycles. The number of ether oxygens (including phenoxy) is 1. The van der Waals surface area contributed by atoms with Crippen LogP contribution in [-0.4, -0.2) is 42.9 Å². The minimum Gasteiger partial charge on any atom is -0.361 e. The Morgan fingerprint density at radius 1 is 1.44 bits per heavy atom.